The number of halogens is 1. The number of hydrogen-bond donors (Lipinski definition) is 1. The van der Waals surface area contributed by atoms with Crippen molar-refractivity contribution >= 4 is 33.2 Å². The molecule has 1 atom stereocenters. The SMILES string of the molecule is COc1cc(Cl)cc2c1S(=O)(=O)N(c1ccccc1)C2N(O)C(C)=O. The number of methoxy groups -OCH3 is 1. The predicted molar refractivity (Wildman–Crippen MR) is 91.2 cm³/mol. The quantitative estimate of drug-likeness (QED) is 0.651. The van der Waals surface area contributed by atoms with Crippen molar-refractivity contribution in [2.24, 2.45) is 0 Å². The van der Waals surface area contributed by atoms with Gasteiger partial charge in [0.05, 0.1) is 12.8 Å². The lowest BCUT2D eigenvalue weighted by atomic mass is 10.1. The molecule has 1 N–H and O–H groups in total. The standard InChI is InChI=1S/C16H15ClN2O5S/c1-10(20)18(21)16-13-8-11(17)9-14(24-2)15(13)25(22,23)19(16)12-6-4-3-5-7-12/h3-9,16,21H,1-2H3. The number of amides is 1. The molecule has 1 aliphatic rings. The lowest BCUT2D eigenvalue weighted by molar-refractivity contribution is -0.172. The Morgan fingerprint density at radius 3 is 2.48 bits per heavy atom. The minimum atomic E-state index is -4.09. The molecule has 0 aromatic heterocycles. The van der Waals surface area contributed by atoms with Crippen molar-refractivity contribution in [3.63, 3.8) is 0 Å². The third kappa shape index (κ3) is 2.72. The zero-order valence-corrected chi connectivity index (χ0v) is 15.0. The molecule has 7 nitrogen and oxygen atoms in total. The van der Waals surface area contributed by atoms with E-state index in [0.717, 1.165) is 11.2 Å². The molecule has 0 bridgehead atoms. The maximum atomic E-state index is 13.2. The van der Waals surface area contributed by atoms with Crippen LogP contribution in [0, 0.1) is 0 Å². The molecule has 1 heterocycles. The highest BCUT2D eigenvalue weighted by atomic mass is 35.5. The fourth-order valence-corrected chi connectivity index (χ4v) is 4.96. The summed E-state index contributed by atoms with van der Waals surface area (Å²) in [6, 6.07) is 11.0. The fraction of sp³-hybridized carbons (Fsp3) is 0.188. The summed E-state index contributed by atoms with van der Waals surface area (Å²) < 4.78 is 32.5. The first-order valence-electron chi connectivity index (χ1n) is 7.24. The Balaban J connectivity index is 2.34. The molecular formula is C16H15ClN2O5S. The van der Waals surface area contributed by atoms with E-state index in [0.29, 0.717) is 10.8 Å². The van der Waals surface area contributed by atoms with Gasteiger partial charge in [-0.15, -0.1) is 0 Å². The van der Waals surface area contributed by atoms with Gasteiger partial charge in [-0.25, -0.2) is 12.7 Å². The van der Waals surface area contributed by atoms with Crippen LogP contribution in [-0.4, -0.2) is 31.7 Å². The molecule has 2 aromatic carbocycles. The monoisotopic (exact) mass is 382 g/mol. The van der Waals surface area contributed by atoms with Crippen molar-refractivity contribution in [1.82, 2.24) is 5.06 Å². The summed E-state index contributed by atoms with van der Waals surface area (Å²) in [7, 11) is -2.77. The Labute approximate surface area is 150 Å². The number of fused-ring (bicyclic) bond motifs is 1. The van der Waals surface area contributed by atoms with Crippen molar-refractivity contribution in [2.45, 2.75) is 18.0 Å². The summed E-state index contributed by atoms with van der Waals surface area (Å²) in [6.07, 6.45) is -1.28. The van der Waals surface area contributed by atoms with Crippen LogP contribution in [0.5, 0.6) is 5.75 Å². The Morgan fingerprint density at radius 1 is 1.28 bits per heavy atom. The Morgan fingerprint density at radius 2 is 1.92 bits per heavy atom. The molecular weight excluding hydrogens is 368 g/mol. The number of rotatable bonds is 3. The molecule has 0 saturated carbocycles. The molecule has 3 rings (SSSR count). The average Bonchev–Trinajstić information content (AvgIpc) is 2.81. The van der Waals surface area contributed by atoms with E-state index in [-0.39, 0.29) is 21.2 Å². The maximum absolute atomic E-state index is 13.2. The van der Waals surface area contributed by atoms with Gasteiger partial charge >= 0.3 is 0 Å². The van der Waals surface area contributed by atoms with Crippen molar-refractivity contribution < 1.29 is 23.2 Å². The molecule has 9 heteroatoms. The average molecular weight is 383 g/mol. The topological polar surface area (TPSA) is 87.2 Å². The van der Waals surface area contributed by atoms with Gasteiger partial charge in [0.2, 0.25) is 5.91 Å². The Bertz CT molecular complexity index is 933. The van der Waals surface area contributed by atoms with E-state index in [9.17, 15) is 18.4 Å². The van der Waals surface area contributed by atoms with Gasteiger partial charge in [0.15, 0.2) is 6.17 Å². The number of ether oxygens (including phenoxy) is 1. The van der Waals surface area contributed by atoms with Gasteiger partial charge in [-0.1, -0.05) is 29.8 Å². The van der Waals surface area contributed by atoms with Crippen LogP contribution in [0.4, 0.5) is 5.69 Å². The minimum absolute atomic E-state index is 0.0443. The van der Waals surface area contributed by atoms with Crippen molar-refractivity contribution in [2.75, 3.05) is 11.4 Å². The molecule has 0 radical (unpaired) electrons. The van der Waals surface area contributed by atoms with Crippen LogP contribution in [0.25, 0.3) is 0 Å². The van der Waals surface area contributed by atoms with Crippen LogP contribution < -0.4 is 9.04 Å². The van der Waals surface area contributed by atoms with E-state index < -0.39 is 22.1 Å². The highest BCUT2D eigenvalue weighted by Crippen LogP contribution is 2.48. The highest BCUT2D eigenvalue weighted by Gasteiger charge is 2.48. The zero-order chi connectivity index (χ0) is 18.4. The Hall–Kier alpha value is -2.29. The number of carbonyl (C=O) groups excluding carboxylic acids is 1. The number of hydrogen-bond acceptors (Lipinski definition) is 5. The number of carbonyl (C=O) groups is 1. The van der Waals surface area contributed by atoms with E-state index in [4.69, 9.17) is 16.3 Å². The number of para-hydroxylation sites is 1. The first-order chi connectivity index (χ1) is 11.8. The van der Waals surface area contributed by atoms with Crippen LogP contribution in [-0.2, 0) is 14.8 Å². The van der Waals surface area contributed by atoms with Crippen LogP contribution in [0.3, 0.4) is 0 Å². The third-order valence-electron chi connectivity index (χ3n) is 3.85. The number of hydroxylamine groups is 2. The molecule has 0 saturated heterocycles. The van der Waals surface area contributed by atoms with Gasteiger partial charge in [-0.05, 0) is 18.2 Å². The van der Waals surface area contributed by atoms with Gasteiger partial charge in [-0.3, -0.25) is 10.0 Å². The third-order valence-corrected chi connectivity index (χ3v) is 5.95. The van der Waals surface area contributed by atoms with Gasteiger partial charge < -0.3 is 4.74 Å². The summed E-state index contributed by atoms with van der Waals surface area (Å²) in [5.41, 5.74) is 0.452. The molecule has 1 amide bonds. The van der Waals surface area contributed by atoms with E-state index in [1.807, 2.05) is 0 Å². The molecule has 0 spiro atoms. The zero-order valence-electron chi connectivity index (χ0n) is 13.4. The first-order valence-corrected chi connectivity index (χ1v) is 9.06. The van der Waals surface area contributed by atoms with E-state index in [1.165, 1.54) is 19.2 Å². The van der Waals surface area contributed by atoms with Crippen molar-refractivity contribution in [3.05, 3.63) is 53.1 Å². The Kier molecular flexibility index (Phi) is 4.36. The van der Waals surface area contributed by atoms with E-state index in [1.54, 1.807) is 30.3 Å². The first kappa shape index (κ1) is 17.5. The lowest BCUT2D eigenvalue weighted by Gasteiger charge is -2.30. The smallest absolute Gasteiger partial charge is 0.270 e. The highest BCUT2D eigenvalue weighted by molar-refractivity contribution is 7.93. The van der Waals surface area contributed by atoms with E-state index in [2.05, 4.69) is 0 Å². The second-order valence-corrected chi connectivity index (χ2v) is 7.59. The van der Waals surface area contributed by atoms with Crippen LogP contribution in [0.1, 0.15) is 18.7 Å². The number of benzene rings is 2. The molecule has 132 valence electrons. The second-order valence-electron chi connectivity index (χ2n) is 5.40. The molecule has 1 unspecified atom stereocenters. The molecule has 0 aliphatic carbocycles. The number of nitrogens with zero attached hydrogens (tertiary/aromatic N) is 2. The van der Waals surface area contributed by atoms with Gasteiger partial charge in [0, 0.05) is 23.6 Å². The summed E-state index contributed by atoms with van der Waals surface area (Å²) in [6.45, 7) is 1.13. The van der Waals surface area contributed by atoms with Gasteiger partial charge in [0.25, 0.3) is 10.0 Å². The van der Waals surface area contributed by atoms with E-state index >= 15 is 0 Å². The molecule has 1 aliphatic heterocycles. The molecule has 2 aromatic rings. The molecule has 0 fully saturated rings. The summed E-state index contributed by atoms with van der Waals surface area (Å²) >= 11 is 6.07. The van der Waals surface area contributed by atoms with Gasteiger partial charge in [0.1, 0.15) is 10.6 Å². The number of sulfonamides is 1. The van der Waals surface area contributed by atoms with Crippen LogP contribution >= 0.6 is 11.6 Å². The predicted octanol–water partition coefficient (Wildman–Crippen LogP) is 2.79. The normalized spacial score (nSPS) is 17.9. The summed E-state index contributed by atoms with van der Waals surface area (Å²) in [4.78, 5) is 11.6. The van der Waals surface area contributed by atoms with Crippen molar-refractivity contribution in [1.29, 1.82) is 0 Å². The second kappa shape index (κ2) is 6.21. The molecule has 25 heavy (non-hydrogen) atoms. The lowest BCUT2D eigenvalue weighted by Crippen LogP contribution is -2.40. The van der Waals surface area contributed by atoms with Crippen molar-refractivity contribution in [3.8, 4) is 5.75 Å². The minimum Gasteiger partial charge on any atom is -0.495 e. The van der Waals surface area contributed by atoms with Gasteiger partial charge in [-0.2, -0.15) is 5.06 Å². The largest absolute Gasteiger partial charge is 0.495 e. The summed E-state index contributed by atoms with van der Waals surface area (Å²) in [5.74, 6) is -0.671. The van der Waals surface area contributed by atoms with Crippen LogP contribution in [0.2, 0.25) is 5.02 Å². The maximum Gasteiger partial charge on any atom is 0.270 e. The number of anilines is 1. The fourth-order valence-electron chi connectivity index (χ4n) is 2.82. The summed E-state index contributed by atoms with van der Waals surface area (Å²) in [5, 5.41) is 10.9. The van der Waals surface area contributed by atoms with Crippen LogP contribution in [0.15, 0.2) is 47.4 Å².